The summed E-state index contributed by atoms with van der Waals surface area (Å²) in [7, 11) is 0. The van der Waals surface area contributed by atoms with E-state index in [1.165, 1.54) is 57.8 Å². The van der Waals surface area contributed by atoms with E-state index in [-0.39, 0.29) is 19.1 Å². The maximum Gasteiger partial charge on any atom is 0.219 e. The number of unbranched alkanes of at least 4 members (excludes halogenated alkanes) is 10. The summed E-state index contributed by atoms with van der Waals surface area (Å²) in [5, 5.41) is 20.9. The molecule has 0 unspecified atom stereocenters. The number of aliphatic hydroxyl groups excluding tert-OH is 2. The number of rotatable bonds is 20. The Balaban J connectivity index is 3.33. The average Bonchev–Trinajstić information content (AvgIpc) is 2.63. The molecule has 0 aromatic heterocycles. The van der Waals surface area contributed by atoms with E-state index < -0.39 is 0 Å². The van der Waals surface area contributed by atoms with E-state index >= 15 is 0 Å². The highest BCUT2D eigenvalue weighted by atomic mass is 16.3. The molecule has 0 bridgehead atoms. The molecule has 0 aromatic carbocycles. The minimum Gasteiger partial charge on any atom is -0.395 e. The molecule has 0 atom stereocenters. The van der Waals surface area contributed by atoms with Crippen molar-refractivity contribution in [3.05, 3.63) is 0 Å². The van der Waals surface area contributed by atoms with Crippen molar-refractivity contribution in [2.45, 2.75) is 90.4 Å². The molecule has 5 nitrogen and oxygen atoms in total. The highest BCUT2D eigenvalue weighted by Crippen LogP contribution is 2.11. The normalized spacial score (nSPS) is 11.2. The Hall–Kier alpha value is -0.650. The fourth-order valence-corrected chi connectivity index (χ4v) is 3.19. The fourth-order valence-electron chi connectivity index (χ4n) is 3.19. The van der Waals surface area contributed by atoms with Gasteiger partial charge < -0.3 is 15.5 Å². The van der Waals surface area contributed by atoms with Gasteiger partial charge in [-0.05, 0) is 19.4 Å². The molecule has 0 aromatic rings. The summed E-state index contributed by atoms with van der Waals surface area (Å²) in [6, 6.07) is 0. The Labute approximate surface area is 161 Å². The lowest BCUT2D eigenvalue weighted by Crippen LogP contribution is -2.33. The minimum absolute atomic E-state index is 0.102. The highest BCUT2D eigenvalue weighted by molar-refractivity contribution is 5.75. The molecule has 3 N–H and O–H groups in total. The topological polar surface area (TPSA) is 72.8 Å². The zero-order chi connectivity index (χ0) is 19.3. The van der Waals surface area contributed by atoms with Crippen LogP contribution in [0.2, 0.25) is 0 Å². The zero-order valence-electron chi connectivity index (χ0n) is 17.2. The number of amides is 1. The summed E-state index contributed by atoms with van der Waals surface area (Å²) in [6.07, 6.45) is 15.8. The Morgan fingerprint density at radius 3 is 1.73 bits per heavy atom. The van der Waals surface area contributed by atoms with Gasteiger partial charge in [-0.25, -0.2) is 0 Å². The molecule has 0 fully saturated rings. The van der Waals surface area contributed by atoms with Crippen molar-refractivity contribution >= 4 is 5.91 Å². The van der Waals surface area contributed by atoms with Gasteiger partial charge in [0.25, 0.3) is 0 Å². The maximum absolute atomic E-state index is 11.8. The smallest absolute Gasteiger partial charge is 0.219 e. The molecule has 0 rings (SSSR count). The van der Waals surface area contributed by atoms with E-state index in [1.54, 1.807) is 0 Å². The van der Waals surface area contributed by atoms with Crippen LogP contribution in [0, 0.1) is 0 Å². The SMILES string of the molecule is CCCCCCCCCCCCCC(=O)NCCCN(CCO)CCO. The molecule has 0 spiro atoms. The first-order valence-electron chi connectivity index (χ1n) is 10.9. The molecular formula is C21H44N2O3. The van der Waals surface area contributed by atoms with Crippen molar-refractivity contribution in [1.82, 2.24) is 10.2 Å². The molecule has 0 saturated carbocycles. The molecule has 26 heavy (non-hydrogen) atoms. The summed E-state index contributed by atoms with van der Waals surface area (Å²) < 4.78 is 0. The lowest BCUT2D eigenvalue weighted by molar-refractivity contribution is -0.121. The van der Waals surface area contributed by atoms with Crippen molar-refractivity contribution in [3.63, 3.8) is 0 Å². The van der Waals surface area contributed by atoms with Crippen LogP contribution in [0.25, 0.3) is 0 Å². The molecule has 1 amide bonds. The third-order valence-electron chi connectivity index (χ3n) is 4.81. The Bertz CT molecular complexity index is 295. The predicted molar refractivity (Wildman–Crippen MR) is 109 cm³/mol. The Morgan fingerprint density at radius 2 is 1.23 bits per heavy atom. The van der Waals surface area contributed by atoms with Crippen LogP contribution in [-0.4, -0.2) is 60.4 Å². The van der Waals surface area contributed by atoms with Crippen molar-refractivity contribution < 1.29 is 15.0 Å². The zero-order valence-corrected chi connectivity index (χ0v) is 17.2. The largest absolute Gasteiger partial charge is 0.395 e. The number of hydrogen-bond acceptors (Lipinski definition) is 4. The number of nitrogens with one attached hydrogen (secondary N) is 1. The van der Waals surface area contributed by atoms with Gasteiger partial charge in [-0.1, -0.05) is 71.1 Å². The van der Waals surface area contributed by atoms with E-state index in [9.17, 15) is 4.79 Å². The number of carbonyl (C=O) groups excluding carboxylic acids is 1. The van der Waals surface area contributed by atoms with Gasteiger partial charge in [0.05, 0.1) is 13.2 Å². The number of nitrogens with zero attached hydrogens (tertiary/aromatic N) is 1. The number of hydrogen-bond donors (Lipinski definition) is 3. The molecule has 5 heteroatoms. The van der Waals surface area contributed by atoms with Crippen LogP contribution in [0.5, 0.6) is 0 Å². The van der Waals surface area contributed by atoms with Gasteiger partial charge in [0.15, 0.2) is 0 Å². The summed E-state index contributed by atoms with van der Waals surface area (Å²) in [4.78, 5) is 13.8. The number of aliphatic hydroxyl groups is 2. The van der Waals surface area contributed by atoms with Gasteiger partial charge in [-0.2, -0.15) is 0 Å². The van der Waals surface area contributed by atoms with E-state index in [1.807, 2.05) is 4.90 Å². The van der Waals surface area contributed by atoms with Crippen LogP contribution in [0.4, 0.5) is 0 Å². The molecule has 0 radical (unpaired) electrons. The minimum atomic E-state index is 0.102. The standard InChI is InChI=1S/C21H44N2O3/c1-2-3-4-5-6-7-8-9-10-11-12-14-21(26)22-15-13-16-23(17-19-24)18-20-25/h24-25H,2-20H2,1H3,(H,22,26). The lowest BCUT2D eigenvalue weighted by atomic mass is 10.1. The molecule has 0 aliphatic carbocycles. The molecular weight excluding hydrogens is 328 g/mol. The third-order valence-corrected chi connectivity index (χ3v) is 4.81. The third kappa shape index (κ3) is 18.2. The van der Waals surface area contributed by atoms with E-state index in [0.29, 0.717) is 26.1 Å². The van der Waals surface area contributed by atoms with Crippen molar-refractivity contribution in [2.75, 3.05) is 39.4 Å². The van der Waals surface area contributed by atoms with Crippen molar-refractivity contribution in [2.24, 2.45) is 0 Å². The van der Waals surface area contributed by atoms with Crippen LogP contribution < -0.4 is 5.32 Å². The first kappa shape index (κ1) is 25.4. The van der Waals surface area contributed by atoms with Crippen LogP contribution in [0.1, 0.15) is 90.4 Å². The molecule has 0 aliphatic heterocycles. The molecule has 0 aliphatic rings. The summed E-state index contributed by atoms with van der Waals surface area (Å²) in [5.74, 6) is 0.150. The molecule has 156 valence electrons. The van der Waals surface area contributed by atoms with Gasteiger partial charge in [0.1, 0.15) is 0 Å². The summed E-state index contributed by atoms with van der Waals surface area (Å²) in [6.45, 7) is 5.08. The van der Waals surface area contributed by atoms with Crippen LogP contribution in [-0.2, 0) is 4.79 Å². The molecule has 0 saturated heterocycles. The Morgan fingerprint density at radius 1 is 0.731 bits per heavy atom. The van der Waals surface area contributed by atoms with Crippen LogP contribution >= 0.6 is 0 Å². The van der Waals surface area contributed by atoms with Crippen LogP contribution in [0.3, 0.4) is 0 Å². The first-order chi connectivity index (χ1) is 12.7. The summed E-state index contributed by atoms with van der Waals surface area (Å²) >= 11 is 0. The number of carbonyl (C=O) groups is 1. The Kier molecular flexibility index (Phi) is 20.1. The monoisotopic (exact) mass is 372 g/mol. The van der Waals surface area contributed by atoms with E-state index in [4.69, 9.17) is 10.2 Å². The maximum atomic E-state index is 11.8. The second kappa shape index (κ2) is 20.7. The van der Waals surface area contributed by atoms with Crippen molar-refractivity contribution in [1.29, 1.82) is 0 Å². The van der Waals surface area contributed by atoms with Gasteiger partial charge in [0, 0.05) is 26.1 Å². The fraction of sp³-hybridized carbons (Fsp3) is 0.952. The second-order valence-electron chi connectivity index (χ2n) is 7.28. The van der Waals surface area contributed by atoms with Crippen LogP contribution in [0.15, 0.2) is 0 Å². The summed E-state index contributed by atoms with van der Waals surface area (Å²) in [5.41, 5.74) is 0. The van der Waals surface area contributed by atoms with Gasteiger partial charge in [-0.3, -0.25) is 9.69 Å². The lowest BCUT2D eigenvalue weighted by Gasteiger charge is -2.19. The van der Waals surface area contributed by atoms with E-state index in [2.05, 4.69) is 12.2 Å². The highest BCUT2D eigenvalue weighted by Gasteiger charge is 2.04. The second-order valence-corrected chi connectivity index (χ2v) is 7.28. The average molecular weight is 373 g/mol. The predicted octanol–water partition coefficient (Wildman–Crippen LogP) is 3.48. The van der Waals surface area contributed by atoms with E-state index in [0.717, 1.165) is 25.8 Å². The van der Waals surface area contributed by atoms with Gasteiger partial charge in [-0.15, -0.1) is 0 Å². The first-order valence-corrected chi connectivity index (χ1v) is 10.9. The van der Waals surface area contributed by atoms with Gasteiger partial charge >= 0.3 is 0 Å². The van der Waals surface area contributed by atoms with Crippen molar-refractivity contribution in [3.8, 4) is 0 Å². The quantitative estimate of drug-likeness (QED) is 0.286. The molecule has 0 heterocycles. The van der Waals surface area contributed by atoms with Gasteiger partial charge in [0.2, 0.25) is 5.91 Å².